The summed E-state index contributed by atoms with van der Waals surface area (Å²) >= 11 is 0. The average Bonchev–Trinajstić information content (AvgIpc) is 2.92. The molecule has 0 fully saturated rings. The number of ether oxygens (including phenoxy) is 3. The fourth-order valence-electron chi connectivity index (χ4n) is 5.15. The van der Waals surface area contributed by atoms with Crippen LogP contribution in [0.3, 0.4) is 0 Å². The van der Waals surface area contributed by atoms with Gasteiger partial charge in [-0.25, -0.2) is 0 Å². The van der Waals surface area contributed by atoms with Crippen LogP contribution in [0.1, 0.15) is 27.2 Å². The quantitative estimate of drug-likeness (QED) is 0.237. The number of rotatable bonds is 8. The first-order valence-electron chi connectivity index (χ1n) is 12.6. The maximum absolute atomic E-state index is 13.2. The SMILES string of the molecule is CO[C@H]1C=C(O[Si](c2ccccc2)(c2ccccc2)C(C)(C)C)[C@H](OC)C[C@H]1C(=O)Oc1ccccc1. The molecule has 0 saturated heterocycles. The van der Waals surface area contributed by atoms with E-state index >= 15 is 0 Å². The van der Waals surface area contributed by atoms with Crippen molar-refractivity contribution in [3.8, 4) is 5.75 Å². The number of carbonyl (C=O) groups excluding carboxylic acids is 1. The normalized spacial score (nSPS) is 20.1. The molecule has 5 nitrogen and oxygen atoms in total. The summed E-state index contributed by atoms with van der Waals surface area (Å²) in [5.74, 6) is 0.338. The lowest BCUT2D eigenvalue weighted by atomic mass is 9.88. The Kier molecular flexibility index (Phi) is 8.32. The van der Waals surface area contributed by atoms with Crippen molar-refractivity contribution < 1.29 is 23.4 Å². The Morgan fingerprint density at radius 2 is 1.30 bits per heavy atom. The summed E-state index contributed by atoms with van der Waals surface area (Å²) in [6.07, 6.45) is 1.38. The van der Waals surface area contributed by atoms with Gasteiger partial charge in [-0.05, 0) is 40.0 Å². The van der Waals surface area contributed by atoms with Crippen LogP contribution in [0.5, 0.6) is 5.75 Å². The minimum Gasteiger partial charge on any atom is -0.535 e. The monoisotopic (exact) mass is 516 g/mol. The van der Waals surface area contributed by atoms with Crippen molar-refractivity contribution in [2.24, 2.45) is 5.92 Å². The molecule has 0 aromatic heterocycles. The molecule has 1 aliphatic carbocycles. The predicted molar refractivity (Wildman–Crippen MR) is 149 cm³/mol. The van der Waals surface area contributed by atoms with Gasteiger partial charge in [-0.3, -0.25) is 4.79 Å². The lowest BCUT2D eigenvalue weighted by Crippen LogP contribution is -2.67. The van der Waals surface area contributed by atoms with E-state index in [0.717, 1.165) is 0 Å². The number of esters is 1. The molecule has 0 aliphatic heterocycles. The zero-order valence-corrected chi connectivity index (χ0v) is 23.2. The van der Waals surface area contributed by atoms with Crippen LogP contribution in [0.25, 0.3) is 0 Å². The van der Waals surface area contributed by atoms with Crippen LogP contribution < -0.4 is 15.1 Å². The van der Waals surface area contributed by atoms with Gasteiger partial charge in [-0.15, -0.1) is 0 Å². The fourth-order valence-corrected chi connectivity index (χ4v) is 9.63. The minimum atomic E-state index is -2.87. The van der Waals surface area contributed by atoms with Gasteiger partial charge in [0, 0.05) is 14.2 Å². The molecule has 6 heteroatoms. The maximum Gasteiger partial charge on any atom is 0.319 e. The van der Waals surface area contributed by atoms with Crippen LogP contribution in [-0.4, -0.2) is 40.7 Å². The van der Waals surface area contributed by atoms with E-state index in [4.69, 9.17) is 18.6 Å². The van der Waals surface area contributed by atoms with Gasteiger partial charge in [-0.2, -0.15) is 0 Å². The van der Waals surface area contributed by atoms with Gasteiger partial charge in [-0.1, -0.05) is 99.6 Å². The van der Waals surface area contributed by atoms with Gasteiger partial charge in [0.15, 0.2) is 0 Å². The van der Waals surface area contributed by atoms with E-state index in [2.05, 4.69) is 69.3 Å². The first-order valence-corrected chi connectivity index (χ1v) is 14.5. The van der Waals surface area contributed by atoms with Gasteiger partial charge in [0.2, 0.25) is 0 Å². The third-order valence-electron chi connectivity index (χ3n) is 7.02. The Bertz CT molecular complexity index is 1150. The molecule has 0 amide bonds. The summed E-state index contributed by atoms with van der Waals surface area (Å²) in [7, 11) is 0.394. The van der Waals surface area contributed by atoms with Crippen molar-refractivity contribution in [1.82, 2.24) is 0 Å². The summed E-state index contributed by atoms with van der Waals surface area (Å²) < 4.78 is 24.6. The van der Waals surface area contributed by atoms with Crippen molar-refractivity contribution in [3.63, 3.8) is 0 Å². The molecule has 3 atom stereocenters. The highest BCUT2D eigenvalue weighted by molar-refractivity contribution is 6.99. The second-order valence-electron chi connectivity index (χ2n) is 10.3. The minimum absolute atomic E-state index is 0.208. The second-order valence-corrected chi connectivity index (χ2v) is 14.6. The molecule has 1 aliphatic rings. The van der Waals surface area contributed by atoms with Gasteiger partial charge in [0.1, 0.15) is 17.6 Å². The number of hydrogen-bond acceptors (Lipinski definition) is 5. The molecule has 0 saturated carbocycles. The van der Waals surface area contributed by atoms with Gasteiger partial charge in [0.25, 0.3) is 0 Å². The highest BCUT2D eigenvalue weighted by Gasteiger charge is 2.53. The van der Waals surface area contributed by atoms with Crippen molar-refractivity contribution in [2.75, 3.05) is 14.2 Å². The molecule has 4 rings (SSSR count). The zero-order chi connectivity index (χ0) is 26.5. The predicted octanol–water partition coefficient (Wildman–Crippen LogP) is 5.10. The van der Waals surface area contributed by atoms with E-state index in [-0.39, 0.29) is 11.0 Å². The summed E-state index contributed by atoms with van der Waals surface area (Å²) in [4.78, 5) is 13.2. The third kappa shape index (κ3) is 5.56. The van der Waals surface area contributed by atoms with Crippen molar-refractivity contribution in [2.45, 2.75) is 44.4 Å². The number of hydrogen-bond donors (Lipinski definition) is 0. The smallest absolute Gasteiger partial charge is 0.319 e. The van der Waals surface area contributed by atoms with E-state index in [1.165, 1.54) is 10.4 Å². The Hall–Kier alpha value is -3.19. The molecule has 37 heavy (non-hydrogen) atoms. The van der Waals surface area contributed by atoms with Crippen LogP contribution in [-0.2, 0) is 18.7 Å². The fraction of sp³-hybridized carbons (Fsp3) is 0.323. The van der Waals surface area contributed by atoms with Crippen LogP contribution in [0, 0.1) is 5.92 Å². The lowest BCUT2D eigenvalue weighted by Gasteiger charge is -2.45. The average molecular weight is 517 g/mol. The molecule has 194 valence electrons. The Labute approximate surface area is 221 Å². The summed E-state index contributed by atoms with van der Waals surface area (Å²) in [5.41, 5.74) is 0. The van der Waals surface area contributed by atoms with E-state index in [9.17, 15) is 4.79 Å². The third-order valence-corrected chi connectivity index (χ3v) is 12.0. The first-order chi connectivity index (χ1) is 17.8. The molecule has 3 aromatic rings. The Morgan fingerprint density at radius 1 is 0.784 bits per heavy atom. The van der Waals surface area contributed by atoms with Crippen molar-refractivity contribution in [1.29, 1.82) is 0 Å². The molecule has 0 spiro atoms. The highest BCUT2D eigenvalue weighted by Crippen LogP contribution is 2.40. The van der Waals surface area contributed by atoms with Crippen molar-refractivity contribution in [3.05, 3.63) is 103 Å². The lowest BCUT2D eigenvalue weighted by molar-refractivity contribution is -0.145. The van der Waals surface area contributed by atoms with Crippen LogP contribution in [0.2, 0.25) is 5.04 Å². The Morgan fingerprint density at radius 3 is 1.76 bits per heavy atom. The number of methoxy groups -OCH3 is 2. The number of carbonyl (C=O) groups is 1. The zero-order valence-electron chi connectivity index (χ0n) is 22.2. The topological polar surface area (TPSA) is 54.0 Å². The standard InChI is InChI=1S/C31H36O5Si/c1-31(2,3)37(24-17-11-7-12-18-24,25-19-13-8-14-20-25)36-29-22-27(33-4)26(21-28(29)34-5)30(32)35-23-15-9-6-10-16-23/h6-20,22,26-28H,21H2,1-5H3/t26-,27+,28-/m1/s1. The summed E-state index contributed by atoms with van der Waals surface area (Å²) in [6, 6.07) is 30.0. The van der Waals surface area contributed by atoms with Crippen LogP contribution in [0.4, 0.5) is 0 Å². The van der Waals surface area contributed by atoms with E-state index in [1.54, 1.807) is 26.4 Å². The van der Waals surface area contributed by atoms with Crippen LogP contribution >= 0.6 is 0 Å². The summed E-state index contributed by atoms with van der Waals surface area (Å²) in [6.45, 7) is 6.70. The highest BCUT2D eigenvalue weighted by atomic mass is 28.4. The number of para-hydroxylation sites is 1. The Balaban J connectivity index is 1.76. The molecular formula is C31H36O5Si. The largest absolute Gasteiger partial charge is 0.535 e. The van der Waals surface area contributed by atoms with Crippen molar-refractivity contribution >= 4 is 24.7 Å². The van der Waals surface area contributed by atoms with Gasteiger partial charge >= 0.3 is 14.3 Å². The van der Waals surface area contributed by atoms with Gasteiger partial charge in [0.05, 0.1) is 12.0 Å². The maximum atomic E-state index is 13.2. The molecule has 3 aromatic carbocycles. The summed E-state index contributed by atoms with van der Waals surface area (Å²) in [5, 5.41) is 2.13. The molecule has 0 N–H and O–H groups in total. The van der Waals surface area contributed by atoms with Crippen LogP contribution in [0.15, 0.2) is 103 Å². The first kappa shape index (κ1) is 26.9. The molecular weight excluding hydrogens is 480 g/mol. The molecule has 0 unspecified atom stereocenters. The second kappa shape index (κ2) is 11.5. The molecule has 0 heterocycles. The van der Waals surface area contributed by atoms with E-state index < -0.39 is 26.4 Å². The van der Waals surface area contributed by atoms with E-state index in [1.807, 2.05) is 36.4 Å². The van der Waals surface area contributed by atoms with E-state index in [0.29, 0.717) is 17.9 Å². The number of benzene rings is 3. The molecule has 0 radical (unpaired) electrons. The molecule has 0 bridgehead atoms. The van der Waals surface area contributed by atoms with Gasteiger partial charge < -0.3 is 18.6 Å².